The number of halogens is 1. The molecule has 0 saturated heterocycles. The van der Waals surface area contributed by atoms with Crippen molar-refractivity contribution >= 4 is 27.6 Å². The van der Waals surface area contributed by atoms with Gasteiger partial charge in [-0.05, 0) is 29.3 Å². The maximum Gasteiger partial charge on any atom is 0.312 e. The Morgan fingerprint density at radius 1 is 1.25 bits per heavy atom. The number of hydrogen-bond donors (Lipinski definition) is 1. The highest BCUT2D eigenvalue weighted by atomic mass is 79.9. The van der Waals surface area contributed by atoms with Crippen molar-refractivity contribution in [2.75, 3.05) is 11.4 Å². The van der Waals surface area contributed by atoms with Crippen molar-refractivity contribution in [1.29, 1.82) is 0 Å². The summed E-state index contributed by atoms with van der Waals surface area (Å²) < 4.78 is 1.04. The number of hydrogen-bond acceptors (Lipinski definition) is 2. The standard InChI is InChI=1S/C16H14BrNO2/c17-12-5-3-4-11(8-12)9-18-10-14(16(19)20)13-6-1-2-7-15(13)18/h1-8,14H,9-10H2,(H,19,20). The van der Waals surface area contributed by atoms with Gasteiger partial charge in [0.1, 0.15) is 5.92 Å². The first-order valence-electron chi connectivity index (χ1n) is 6.46. The zero-order valence-corrected chi connectivity index (χ0v) is 12.4. The monoisotopic (exact) mass is 331 g/mol. The molecule has 1 atom stereocenters. The molecule has 2 aromatic rings. The minimum absolute atomic E-state index is 0.432. The van der Waals surface area contributed by atoms with E-state index < -0.39 is 11.9 Å². The molecule has 102 valence electrons. The molecule has 0 amide bonds. The molecule has 3 rings (SSSR count). The van der Waals surface area contributed by atoms with Gasteiger partial charge in [0.15, 0.2) is 0 Å². The van der Waals surface area contributed by atoms with Crippen LogP contribution in [0.4, 0.5) is 5.69 Å². The number of rotatable bonds is 3. The van der Waals surface area contributed by atoms with Gasteiger partial charge < -0.3 is 10.0 Å². The number of carboxylic acid groups (broad SMARTS) is 1. The summed E-state index contributed by atoms with van der Waals surface area (Å²) in [7, 11) is 0. The number of nitrogens with zero attached hydrogens (tertiary/aromatic N) is 1. The molecular formula is C16H14BrNO2. The van der Waals surface area contributed by atoms with E-state index in [1.54, 1.807) is 0 Å². The lowest BCUT2D eigenvalue weighted by atomic mass is 10.0. The molecule has 0 bridgehead atoms. The lowest BCUT2D eigenvalue weighted by Crippen LogP contribution is -2.24. The number of aliphatic carboxylic acids is 1. The van der Waals surface area contributed by atoms with Crippen LogP contribution in [0.5, 0.6) is 0 Å². The molecule has 1 aliphatic heterocycles. The second-order valence-electron chi connectivity index (χ2n) is 4.96. The number of fused-ring (bicyclic) bond motifs is 1. The highest BCUT2D eigenvalue weighted by Gasteiger charge is 2.33. The van der Waals surface area contributed by atoms with Crippen molar-refractivity contribution in [2.45, 2.75) is 12.5 Å². The Morgan fingerprint density at radius 2 is 2.05 bits per heavy atom. The Bertz CT molecular complexity index is 656. The third-order valence-electron chi connectivity index (χ3n) is 3.62. The van der Waals surface area contributed by atoms with Gasteiger partial charge in [0.2, 0.25) is 0 Å². The van der Waals surface area contributed by atoms with E-state index in [1.807, 2.05) is 36.4 Å². The highest BCUT2D eigenvalue weighted by Crippen LogP contribution is 2.37. The van der Waals surface area contributed by atoms with E-state index in [9.17, 15) is 9.90 Å². The van der Waals surface area contributed by atoms with Crippen molar-refractivity contribution in [1.82, 2.24) is 0 Å². The Labute approximate surface area is 126 Å². The molecule has 1 aliphatic rings. The fraction of sp³-hybridized carbons (Fsp3) is 0.188. The van der Waals surface area contributed by atoms with E-state index >= 15 is 0 Å². The quantitative estimate of drug-likeness (QED) is 0.933. The fourth-order valence-corrected chi connectivity index (χ4v) is 3.15. The average molecular weight is 332 g/mol. The maximum atomic E-state index is 11.4. The van der Waals surface area contributed by atoms with Crippen LogP contribution < -0.4 is 4.90 Å². The van der Waals surface area contributed by atoms with E-state index in [-0.39, 0.29) is 0 Å². The minimum atomic E-state index is -0.755. The molecular weight excluding hydrogens is 318 g/mol. The topological polar surface area (TPSA) is 40.5 Å². The van der Waals surface area contributed by atoms with E-state index in [0.29, 0.717) is 6.54 Å². The summed E-state index contributed by atoms with van der Waals surface area (Å²) in [6.07, 6.45) is 0. The van der Waals surface area contributed by atoms with Crippen LogP contribution in [0, 0.1) is 0 Å². The summed E-state index contributed by atoms with van der Waals surface area (Å²) in [6, 6.07) is 15.9. The lowest BCUT2D eigenvalue weighted by molar-refractivity contribution is -0.138. The first kappa shape index (κ1) is 13.2. The van der Waals surface area contributed by atoms with Crippen molar-refractivity contribution in [3.05, 3.63) is 64.1 Å². The van der Waals surface area contributed by atoms with Gasteiger partial charge in [0.25, 0.3) is 0 Å². The number of carbonyl (C=O) groups is 1. The van der Waals surface area contributed by atoms with Gasteiger partial charge >= 0.3 is 5.97 Å². The molecule has 2 aromatic carbocycles. The number of anilines is 1. The third kappa shape index (κ3) is 2.43. The Kier molecular flexibility index (Phi) is 3.49. The van der Waals surface area contributed by atoms with E-state index in [0.717, 1.165) is 22.3 Å². The smallest absolute Gasteiger partial charge is 0.312 e. The summed E-state index contributed by atoms with van der Waals surface area (Å²) in [5, 5.41) is 9.35. The molecule has 0 fully saturated rings. The van der Waals surface area contributed by atoms with Crippen molar-refractivity contribution < 1.29 is 9.90 Å². The van der Waals surface area contributed by atoms with Crippen LogP contribution in [0.3, 0.4) is 0 Å². The molecule has 0 saturated carbocycles. The third-order valence-corrected chi connectivity index (χ3v) is 4.11. The highest BCUT2D eigenvalue weighted by molar-refractivity contribution is 9.10. The summed E-state index contributed by atoms with van der Waals surface area (Å²) in [5.41, 5.74) is 3.11. The molecule has 1 unspecified atom stereocenters. The molecule has 3 nitrogen and oxygen atoms in total. The van der Waals surface area contributed by atoms with Gasteiger partial charge in [-0.1, -0.05) is 46.3 Å². The Morgan fingerprint density at radius 3 is 2.80 bits per heavy atom. The zero-order chi connectivity index (χ0) is 14.1. The van der Waals surface area contributed by atoms with Gasteiger partial charge in [-0.15, -0.1) is 0 Å². The molecule has 0 radical (unpaired) electrons. The van der Waals surface area contributed by atoms with Crippen LogP contribution in [0.2, 0.25) is 0 Å². The van der Waals surface area contributed by atoms with Gasteiger partial charge in [0.05, 0.1) is 0 Å². The summed E-state index contributed by atoms with van der Waals surface area (Å²) in [6.45, 7) is 1.25. The van der Waals surface area contributed by atoms with Crippen LogP contribution in [-0.4, -0.2) is 17.6 Å². The van der Waals surface area contributed by atoms with Crippen LogP contribution in [-0.2, 0) is 11.3 Å². The predicted molar refractivity (Wildman–Crippen MR) is 82.0 cm³/mol. The predicted octanol–water partition coefficient (Wildman–Crippen LogP) is 3.64. The van der Waals surface area contributed by atoms with Crippen molar-refractivity contribution in [3.63, 3.8) is 0 Å². The largest absolute Gasteiger partial charge is 0.481 e. The van der Waals surface area contributed by atoms with Crippen molar-refractivity contribution in [3.8, 4) is 0 Å². The van der Waals surface area contributed by atoms with E-state index in [2.05, 4.69) is 33.0 Å². The summed E-state index contributed by atoms with van der Waals surface area (Å²) in [4.78, 5) is 13.5. The molecule has 4 heteroatoms. The van der Waals surface area contributed by atoms with E-state index in [1.165, 1.54) is 5.56 Å². The molecule has 0 spiro atoms. The Balaban J connectivity index is 1.90. The van der Waals surface area contributed by atoms with Gasteiger partial charge in [-0.25, -0.2) is 0 Å². The fourth-order valence-electron chi connectivity index (χ4n) is 2.70. The van der Waals surface area contributed by atoms with Crippen LogP contribution in [0.1, 0.15) is 17.0 Å². The first-order valence-corrected chi connectivity index (χ1v) is 7.25. The first-order chi connectivity index (χ1) is 9.65. The number of benzene rings is 2. The molecule has 0 aromatic heterocycles. The Hall–Kier alpha value is -1.81. The molecule has 20 heavy (non-hydrogen) atoms. The second kappa shape index (κ2) is 5.29. The van der Waals surface area contributed by atoms with Crippen molar-refractivity contribution in [2.24, 2.45) is 0 Å². The lowest BCUT2D eigenvalue weighted by Gasteiger charge is -2.19. The van der Waals surface area contributed by atoms with Crippen LogP contribution in [0.15, 0.2) is 53.0 Å². The van der Waals surface area contributed by atoms with Crippen LogP contribution in [0.25, 0.3) is 0 Å². The zero-order valence-electron chi connectivity index (χ0n) is 10.8. The SMILES string of the molecule is O=C(O)C1CN(Cc2cccc(Br)c2)c2ccccc21. The number of carboxylic acids is 1. The molecule has 1 N–H and O–H groups in total. The summed E-state index contributed by atoms with van der Waals surface area (Å²) in [5.74, 6) is -1.19. The van der Waals surface area contributed by atoms with Gasteiger partial charge in [-0.3, -0.25) is 4.79 Å². The summed E-state index contributed by atoms with van der Waals surface area (Å²) >= 11 is 3.47. The van der Waals surface area contributed by atoms with Gasteiger partial charge in [-0.2, -0.15) is 0 Å². The maximum absolute atomic E-state index is 11.4. The van der Waals surface area contributed by atoms with E-state index in [4.69, 9.17) is 0 Å². The second-order valence-corrected chi connectivity index (χ2v) is 5.88. The minimum Gasteiger partial charge on any atom is -0.481 e. The number of para-hydroxylation sites is 1. The van der Waals surface area contributed by atoms with Crippen LogP contribution >= 0.6 is 15.9 Å². The average Bonchev–Trinajstić information content (AvgIpc) is 2.78. The molecule has 1 heterocycles. The molecule has 0 aliphatic carbocycles. The normalized spacial score (nSPS) is 17.1. The van der Waals surface area contributed by atoms with Gasteiger partial charge in [0, 0.05) is 23.2 Å².